The third-order valence-corrected chi connectivity index (χ3v) is 2.57. The maximum atomic E-state index is 11.6. The SMILES string of the molecule is O=c1nc(C=NO)ccn1CCc1ccccc1. The fourth-order valence-electron chi connectivity index (χ4n) is 1.64. The highest BCUT2D eigenvalue weighted by molar-refractivity contribution is 5.75. The van der Waals surface area contributed by atoms with Gasteiger partial charge in [-0.05, 0) is 18.1 Å². The Balaban J connectivity index is 2.09. The van der Waals surface area contributed by atoms with Crippen LogP contribution >= 0.6 is 0 Å². The normalized spacial score (nSPS) is 10.9. The van der Waals surface area contributed by atoms with Crippen LogP contribution in [0.4, 0.5) is 0 Å². The van der Waals surface area contributed by atoms with Crippen molar-refractivity contribution in [2.75, 3.05) is 0 Å². The van der Waals surface area contributed by atoms with Gasteiger partial charge in [0.15, 0.2) is 0 Å². The molecule has 0 saturated carbocycles. The number of hydrogen-bond acceptors (Lipinski definition) is 4. The van der Waals surface area contributed by atoms with E-state index in [0.29, 0.717) is 12.2 Å². The molecule has 1 aromatic carbocycles. The predicted octanol–water partition coefficient (Wildman–Crippen LogP) is 1.29. The van der Waals surface area contributed by atoms with Crippen LogP contribution in [0.25, 0.3) is 0 Å². The molecule has 0 unspecified atom stereocenters. The Bertz CT molecular complexity index is 591. The Morgan fingerprint density at radius 3 is 2.72 bits per heavy atom. The number of oxime groups is 1. The van der Waals surface area contributed by atoms with E-state index < -0.39 is 0 Å². The third-order valence-electron chi connectivity index (χ3n) is 2.57. The molecule has 0 fully saturated rings. The summed E-state index contributed by atoms with van der Waals surface area (Å²) in [4.78, 5) is 15.4. The topological polar surface area (TPSA) is 67.5 Å². The summed E-state index contributed by atoms with van der Waals surface area (Å²) in [5.74, 6) is 0. The molecule has 0 aliphatic heterocycles. The van der Waals surface area contributed by atoms with E-state index in [1.54, 1.807) is 12.3 Å². The molecule has 2 aromatic rings. The van der Waals surface area contributed by atoms with E-state index in [2.05, 4.69) is 10.1 Å². The molecule has 5 heteroatoms. The lowest BCUT2D eigenvalue weighted by atomic mass is 10.1. The summed E-state index contributed by atoms with van der Waals surface area (Å²) in [6, 6.07) is 11.6. The first-order chi connectivity index (χ1) is 8.79. The molecule has 0 radical (unpaired) electrons. The number of aromatic nitrogens is 2. The molecular weight excluding hydrogens is 230 g/mol. The van der Waals surface area contributed by atoms with E-state index in [0.717, 1.165) is 12.6 Å². The van der Waals surface area contributed by atoms with Crippen molar-refractivity contribution < 1.29 is 5.21 Å². The van der Waals surface area contributed by atoms with E-state index in [4.69, 9.17) is 5.21 Å². The quantitative estimate of drug-likeness (QED) is 0.500. The smallest absolute Gasteiger partial charge is 0.348 e. The monoisotopic (exact) mass is 243 g/mol. The van der Waals surface area contributed by atoms with Crippen molar-refractivity contribution in [1.82, 2.24) is 9.55 Å². The zero-order valence-corrected chi connectivity index (χ0v) is 9.73. The minimum Gasteiger partial charge on any atom is -0.411 e. The van der Waals surface area contributed by atoms with Gasteiger partial charge in [-0.25, -0.2) is 4.79 Å². The van der Waals surface area contributed by atoms with Gasteiger partial charge >= 0.3 is 5.69 Å². The summed E-state index contributed by atoms with van der Waals surface area (Å²) in [5, 5.41) is 11.2. The van der Waals surface area contributed by atoms with Gasteiger partial charge in [-0.1, -0.05) is 35.5 Å². The lowest BCUT2D eigenvalue weighted by Crippen LogP contribution is -2.24. The summed E-state index contributed by atoms with van der Waals surface area (Å²) in [6.07, 6.45) is 3.55. The second kappa shape index (κ2) is 5.77. The Labute approximate surface area is 104 Å². The van der Waals surface area contributed by atoms with E-state index in [1.165, 1.54) is 10.1 Å². The van der Waals surface area contributed by atoms with Gasteiger partial charge < -0.3 is 5.21 Å². The molecule has 2 rings (SSSR count). The Hall–Kier alpha value is -2.43. The number of benzene rings is 1. The Kier molecular flexibility index (Phi) is 3.86. The molecule has 0 aliphatic carbocycles. The highest BCUT2D eigenvalue weighted by atomic mass is 16.4. The van der Waals surface area contributed by atoms with Crippen molar-refractivity contribution in [2.24, 2.45) is 5.16 Å². The first kappa shape index (κ1) is 12.0. The molecule has 92 valence electrons. The first-order valence-electron chi connectivity index (χ1n) is 5.58. The van der Waals surface area contributed by atoms with E-state index in [9.17, 15) is 4.79 Å². The van der Waals surface area contributed by atoms with Crippen LogP contribution in [0.5, 0.6) is 0 Å². The van der Waals surface area contributed by atoms with Gasteiger partial charge in [0.1, 0.15) is 0 Å². The van der Waals surface area contributed by atoms with Crippen LogP contribution in [0.1, 0.15) is 11.3 Å². The minimum atomic E-state index is -0.344. The van der Waals surface area contributed by atoms with Crippen LogP contribution in [-0.4, -0.2) is 21.0 Å². The van der Waals surface area contributed by atoms with Crippen molar-refractivity contribution in [3.05, 3.63) is 64.3 Å². The zero-order valence-electron chi connectivity index (χ0n) is 9.73. The average Bonchev–Trinajstić information content (AvgIpc) is 2.39. The first-order valence-corrected chi connectivity index (χ1v) is 5.58. The summed E-state index contributed by atoms with van der Waals surface area (Å²) in [6.45, 7) is 0.576. The van der Waals surface area contributed by atoms with Crippen LogP contribution in [0.2, 0.25) is 0 Å². The molecule has 1 heterocycles. The second-order valence-electron chi connectivity index (χ2n) is 3.81. The van der Waals surface area contributed by atoms with Crippen molar-refractivity contribution in [1.29, 1.82) is 0 Å². The third kappa shape index (κ3) is 3.04. The number of aryl methyl sites for hydroxylation is 2. The molecule has 1 N–H and O–H groups in total. The molecular formula is C13H13N3O2. The predicted molar refractivity (Wildman–Crippen MR) is 68.0 cm³/mol. The lowest BCUT2D eigenvalue weighted by Gasteiger charge is -2.04. The summed E-state index contributed by atoms with van der Waals surface area (Å²) in [7, 11) is 0. The second-order valence-corrected chi connectivity index (χ2v) is 3.81. The number of rotatable bonds is 4. The van der Waals surface area contributed by atoms with Crippen LogP contribution in [0.3, 0.4) is 0 Å². The molecule has 0 bridgehead atoms. The molecule has 5 nitrogen and oxygen atoms in total. The summed E-state index contributed by atoms with van der Waals surface area (Å²) >= 11 is 0. The van der Waals surface area contributed by atoms with Gasteiger partial charge in [-0.15, -0.1) is 0 Å². The van der Waals surface area contributed by atoms with Crippen molar-refractivity contribution in [3.63, 3.8) is 0 Å². The highest BCUT2D eigenvalue weighted by Gasteiger charge is 1.99. The van der Waals surface area contributed by atoms with Gasteiger partial charge in [0.05, 0.1) is 11.9 Å². The van der Waals surface area contributed by atoms with Gasteiger partial charge in [-0.2, -0.15) is 4.98 Å². The van der Waals surface area contributed by atoms with Crippen molar-refractivity contribution in [2.45, 2.75) is 13.0 Å². The maximum absolute atomic E-state index is 11.6. The fraction of sp³-hybridized carbons (Fsp3) is 0.154. The Morgan fingerprint density at radius 1 is 1.28 bits per heavy atom. The summed E-state index contributed by atoms with van der Waals surface area (Å²) < 4.78 is 1.53. The van der Waals surface area contributed by atoms with Gasteiger partial charge in [-0.3, -0.25) is 4.57 Å². The van der Waals surface area contributed by atoms with E-state index in [1.807, 2.05) is 30.3 Å². The van der Waals surface area contributed by atoms with Gasteiger partial charge in [0.2, 0.25) is 0 Å². The van der Waals surface area contributed by atoms with Crippen molar-refractivity contribution >= 4 is 6.21 Å². The average molecular weight is 243 g/mol. The maximum Gasteiger partial charge on any atom is 0.348 e. The lowest BCUT2D eigenvalue weighted by molar-refractivity contribution is 0.321. The van der Waals surface area contributed by atoms with Crippen molar-refractivity contribution in [3.8, 4) is 0 Å². The van der Waals surface area contributed by atoms with Crippen LogP contribution in [0.15, 0.2) is 52.5 Å². The number of hydrogen-bond donors (Lipinski definition) is 1. The standard InChI is InChI=1S/C13H13N3O2/c17-13-15-12(10-14-18)7-9-16(13)8-6-11-4-2-1-3-5-11/h1-5,7,9-10,18H,6,8H2. The largest absolute Gasteiger partial charge is 0.411 e. The van der Waals surface area contributed by atoms with E-state index in [-0.39, 0.29) is 5.69 Å². The Morgan fingerprint density at radius 2 is 2.06 bits per heavy atom. The molecule has 1 aromatic heterocycles. The molecule has 0 saturated heterocycles. The molecule has 0 aliphatic rings. The van der Waals surface area contributed by atoms with Gasteiger partial charge in [0.25, 0.3) is 0 Å². The van der Waals surface area contributed by atoms with Gasteiger partial charge in [0, 0.05) is 12.7 Å². The van der Waals surface area contributed by atoms with Crippen LogP contribution in [0, 0.1) is 0 Å². The van der Waals surface area contributed by atoms with Crippen LogP contribution in [-0.2, 0) is 13.0 Å². The zero-order chi connectivity index (χ0) is 12.8. The molecule has 0 spiro atoms. The minimum absolute atomic E-state index is 0.344. The van der Waals surface area contributed by atoms with E-state index >= 15 is 0 Å². The van der Waals surface area contributed by atoms with Crippen LogP contribution < -0.4 is 5.69 Å². The fourth-order valence-corrected chi connectivity index (χ4v) is 1.64. The number of nitrogens with zero attached hydrogens (tertiary/aromatic N) is 3. The molecule has 0 amide bonds. The molecule has 18 heavy (non-hydrogen) atoms. The molecule has 0 atom stereocenters. The summed E-state index contributed by atoms with van der Waals surface area (Å²) in [5.41, 5.74) is 1.17. The highest BCUT2D eigenvalue weighted by Crippen LogP contribution is 2.00.